The van der Waals surface area contributed by atoms with Crippen molar-refractivity contribution in [2.24, 2.45) is 5.73 Å². The number of nitrogens with two attached hydrogens (primary N) is 1. The van der Waals surface area contributed by atoms with E-state index in [1.54, 1.807) is 0 Å². The van der Waals surface area contributed by atoms with Gasteiger partial charge in [-0.3, -0.25) is 0 Å². The third kappa shape index (κ3) is 5.82. The molecular weight excluding hydrogens is 294 g/mol. The van der Waals surface area contributed by atoms with E-state index in [1.165, 1.54) is 36.2 Å². The minimum absolute atomic E-state index is 0.805. The van der Waals surface area contributed by atoms with Crippen molar-refractivity contribution in [1.29, 1.82) is 0 Å². The van der Waals surface area contributed by atoms with Crippen molar-refractivity contribution in [1.82, 2.24) is 0 Å². The van der Waals surface area contributed by atoms with Gasteiger partial charge in [-0.05, 0) is 49.2 Å². The van der Waals surface area contributed by atoms with Crippen LogP contribution in [0.3, 0.4) is 0 Å². The quantitative estimate of drug-likeness (QED) is 0.563. The van der Waals surface area contributed by atoms with E-state index in [9.17, 15) is 0 Å². The molecule has 0 saturated heterocycles. The van der Waals surface area contributed by atoms with Crippen LogP contribution in [0.2, 0.25) is 0 Å². The number of hydrogen-bond acceptors (Lipinski definition) is 2. The van der Waals surface area contributed by atoms with Crippen LogP contribution in [0.4, 0.5) is 5.69 Å². The standard InChI is InChI=1S/C21H30N3/c1-23(2)20-13-10-19(11-14-20)12-15-21-9-5-8-18-24(21)17-7-4-3-6-16-22/h5,8-15,18H,3-4,6-7,16-17,22H2,1-2H3/q+1. The largest absolute Gasteiger partial charge is 0.378 e. The number of rotatable bonds is 9. The second kappa shape index (κ2) is 9.89. The Morgan fingerprint density at radius 1 is 0.917 bits per heavy atom. The Morgan fingerprint density at radius 2 is 1.67 bits per heavy atom. The molecule has 2 rings (SSSR count). The highest BCUT2D eigenvalue weighted by molar-refractivity contribution is 5.68. The first-order valence-electron chi connectivity index (χ1n) is 8.85. The summed E-state index contributed by atoms with van der Waals surface area (Å²) < 4.78 is 2.33. The molecule has 3 heteroatoms. The molecule has 2 aromatic rings. The van der Waals surface area contributed by atoms with Gasteiger partial charge in [-0.15, -0.1) is 0 Å². The Morgan fingerprint density at radius 3 is 2.38 bits per heavy atom. The highest BCUT2D eigenvalue weighted by Crippen LogP contribution is 2.14. The summed E-state index contributed by atoms with van der Waals surface area (Å²) in [5.41, 5.74) is 9.24. The van der Waals surface area contributed by atoms with Crippen molar-refractivity contribution in [3.05, 3.63) is 59.9 Å². The smallest absolute Gasteiger partial charge is 0.205 e. The minimum atomic E-state index is 0.805. The number of unbranched alkanes of at least 4 members (excludes halogenated alkanes) is 3. The summed E-state index contributed by atoms with van der Waals surface area (Å²) >= 11 is 0. The van der Waals surface area contributed by atoms with Gasteiger partial charge in [0.25, 0.3) is 0 Å². The van der Waals surface area contributed by atoms with Gasteiger partial charge in [0.15, 0.2) is 6.20 Å². The van der Waals surface area contributed by atoms with Crippen molar-refractivity contribution in [2.75, 3.05) is 25.5 Å². The molecule has 24 heavy (non-hydrogen) atoms. The highest BCUT2D eigenvalue weighted by Gasteiger charge is 2.05. The summed E-state index contributed by atoms with van der Waals surface area (Å²) in [4.78, 5) is 2.11. The van der Waals surface area contributed by atoms with Crippen LogP contribution in [-0.4, -0.2) is 20.6 Å². The first-order valence-corrected chi connectivity index (χ1v) is 8.85. The summed E-state index contributed by atoms with van der Waals surface area (Å²) in [6, 6.07) is 15.0. The Labute approximate surface area is 146 Å². The fourth-order valence-corrected chi connectivity index (χ4v) is 2.69. The number of aryl methyl sites for hydroxylation is 1. The van der Waals surface area contributed by atoms with Crippen molar-refractivity contribution in [3.8, 4) is 0 Å². The van der Waals surface area contributed by atoms with Gasteiger partial charge >= 0.3 is 0 Å². The predicted molar refractivity (Wildman–Crippen MR) is 104 cm³/mol. The lowest BCUT2D eigenvalue weighted by Crippen LogP contribution is -2.36. The number of hydrogen-bond donors (Lipinski definition) is 1. The number of pyridine rings is 1. The number of aromatic nitrogens is 1. The van der Waals surface area contributed by atoms with E-state index in [4.69, 9.17) is 5.73 Å². The van der Waals surface area contributed by atoms with Crippen molar-refractivity contribution in [3.63, 3.8) is 0 Å². The zero-order valence-electron chi connectivity index (χ0n) is 15.0. The van der Waals surface area contributed by atoms with Crippen LogP contribution in [0.25, 0.3) is 12.2 Å². The molecule has 0 aliphatic rings. The highest BCUT2D eigenvalue weighted by atomic mass is 15.1. The fraction of sp³-hybridized carbons (Fsp3) is 0.381. The maximum Gasteiger partial charge on any atom is 0.205 e. The summed E-state index contributed by atoms with van der Waals surface area (Å²) in [5.74, 6) is 0. The normalized spacial score (nSPS) is 11.1. The van der Waals surface area contributed by atoms with Gasteiger partial charge < -0.3 is 10.6 Å². The molecule has 0 saturated carbocycles. The van der Waals surface area contributed by atoms with Gasteiger partial charge in [0, 0.05) is 44.4 Å². The van der Waals surface area contributed by atoms with E-state index in [1.807, 2.05) is 0 Å². The van der Waals surface area contributed by atoms with Gasteiger partial charge in [-0.1, -0.05) is 18.6 Å². The van der Waals surface area contributed by atoms with Gasteiger partial charge in [0.05, 0.1) is 0 Å². The van der Waals surface area contributed by atoms with Crippen LogP contribution in [0.1, 0.15) is 36.9 Å². The Kier molecular flexibility index (Phi) is 7.50. The maximum atomic E-state index is 5.55. The third-order valence-electron chi connectivity index (χ3n) is 4.18. The molecule has 0 spiro atoms. The summed E-state index contributed by atoms with van der Waals surface area (Å²) in [6.07, 6.45) is 11.4. The van der Waals surface area contributed by atoms with E-state index >= 15 is 0 Å². The number of nitrogens with zero attached hydrogens (tertiary/aromatic N) is 2. The molecular formula is C21H30N3+. The van der Waals surface area contributed by atoms with Crippen LogP contribution in [0.15, 0.2) is 48.7 Å². The van der Waals surface area contributed by atoms with E-state index in [0.717, 1.165) is 19.5 Å². The first kappa shape index (κ1) is 18.2. The molecule has 1 aromatic carbocycles. The van der Waals surface area contributed by atoms with Crippen LogP contribution in [0, 0.1) is 0 Å². The second-order valence-corrected chi connectivity index (χ2v) is 6.34. The SMILES string of the molecule is CN(C)c1ccc(/C=C/c2cccc[n+]2CCCCCCN)cc1. The molecule has 0 amide bonds. The fourth-order valence-electron chi connectivity index (χ4n) is 2.69. The average molecular weight is 324 g/mol. The summed E-state index contributed by atoms with van der Waals surface area (Å²) in [7, 11) is 4.12. The monoisotopic (exact) mass is 324 g/mol. The van der Waals surface area contributed by atoms with Crippen LogP contribution < -0.4 is 15.2 Å². The van der Waals surface area contributed by atoms with Gasteiger partial charge in [0.1, 0.15) is 6.54 Å². The molecule has 0 radical (unpaired) electrons. The van der Waals surface area contributed by atoms with Gasteiger partial charge in [-0.2, -0.15) is 4.57 Å². The van der Waals surface area contributed by atoms with Crippen LogP contribution in [0.5, 0.6) is 0 Å². The topological polar surface area (TPSA) is 33.1 Å². The lowest BCUT2D eigenvalue weighted by atomic mass is 10.1. The van der Waals surface area contributed by atoms with Crippen molar-refractivity contribution in [2.45, 2.75) is 32.2 Å². The molecule has 128 valence electrons. The molecule has 3 nitrogen and oxygen atoms in total. The minimum Gasteiger partial charge on any atom is -0.378 e. The molecule has 1 heterocycles. The molecule has 0 bridgehead atoms. The average Bonchev–Trinajstić information content (AvgIpc) is 2.61. The van der Waals surface area contributed by atoms with Gasteiger partial charge in [-0.25, -0.2) is 0 Å². The molecule has 1 aromatic heterocycles. The van der Waals surface area contributed by atoms with Crippen LogP contribution >= 0.6 is 0 Å². The van der Waals surface area contributed by atoms with Crippen LogP contribution in [-0.2, 0) is 6.54 Å². The second-order valence-electron chi connectivity index (χ2n) is 6.34. The predicted octanol–water partition coefficient (Wildman–Crippen LogP) is 3.73. The summed E-state index contributed by atoms with van der Waals surface area (Å²) in [6.45, 7) is 1.86. The molecule has 2 N–H and O–H groups in total. The first-order chi connectivity index (χ1) is 11.7. The van der Waals surface area contributed by atoms with Crippen molar-refractivity contribution < 1.29 is 4.57 Å². The van der Waals surface area contributed by atoms with E-state index in [2.05, 4.69) is 84.4 Å². The number of anilines is 1. The Balaban J connectivity index is 1.98. The molecule has 0 unspecified atom stereocenters. The lowest BCUT2D eigenvalue weighted by molar-refractivity contribution is -0.699. The maximum absolute atomic E-state index is 5.55. The van der Waals surface area contributed by atoms with E-state index in [0.29, 0.717) is 0 Å². The van der Waals surface area contributed by atoms with Gasteiger partial charge in [0.2, 0.25) is 5.69 Å². The zero-order valence-corrected chi connectivity index (χ0v) is 15.0. The third-order valence-corrected chi connectivity index (χ3v) is 4.18. The molecule has 0 aliphatic carbocycles. The van der Waals surface area contributed by atoms with E-state index in [-0.39, 0.29) is 0 Å². The Hall–Kier alpha value is -2.13. The number of benzene rings is 1. The zero-order chi connectivity index (χ0) is 17.2. The summed E-state index contributed by atoms with van der Waals surface area (Å²) in [5, 5.41) is 0. The van der Waals surface area contributed by atoms with Crippen molar-refractivity contribution >= 4 is 17.8 Å². The lowest BCUT2D eigenvalue weighted by Gasteiger charge is -2.11. The molecule has 0 atom stereocenters. The Bertz CT molecular complexity index is 630. The molecule has 0 aliphatic heterocycles. The van der Waals surface area contributed by atoms with E-state index < -0.39 is 0 Å². The molecule has 0 fully saturated rings.